The van der Waals surface area contributed by atoms with Gasteiger partial charge in [0.2, 0.25) is 0 Å². The normalized spacial score (nSPS) is 19.7. The van der Waals surface area contributed by atoms with E-state index >= 15 is 0 Å². The molecule has 0 fully saturated rings. The van der Waals surface area contributed by atoms with E-state index in [1.165, 1.54) is 5.69 Å². The summed E-state index contributed by atoms with van der Waals surface area (Å²) in [4.78, 5) is 0. The maximum absolute atomic E-state index is 4.35. The van der Waals surface area contributed by atoms with Crippen LogP contribution in [0.3, 0.4) is 0 Å². The molecule has 15 heavy (non-hydrogen) atoms. The first-order valence-electron chi connectivity index (χ1n) is 5.11. The van der Waals surface area contributed by atoms with Gasteiger partial charge in [0, 0.05) is 25.9 Å². The minimum Gasteiger partial charge on any atom is -0.370 e. The Morgan fingerprint density at radius 1 is 1.33 bits per heavy atom. The summed E-state index contributed by atoms with van der Waals surface area (Å²) in [5.74, 6) is 1.09. The van der Waals surface area contributed by atoms with Crippen LogP contribution in [-0.2, 0) is 7.05 Å². The predicted octanol–water partition coefficient (Wildman–Crippen LogP) is 1.02. The summed E-state index contributed by atoms with van der Waals surface area (Å²) in [5.41, 5.74) is 1.21. The number of aromatic nitrogens is 4. The molecule has 1 unspecified atom stereocenters. The molecule has 1 N–H and O–H groups in total. The van der Waals surface area contributed by atoms with Crippen molar-refractivity contribution in [2.24, 2.45) is 7.05 Å². The third kappa shape index (κ3) is 1.23. The first-order chi connectivity index (χ1) is 7.36. The van der Waals surface area contributed by atoms with Crippen LogP contribution in [0.5, 0.6) is 0 Å². The first-order valence-corrected chi connectivity index (χ1v) is 5.11. The largest absolute Gasteiger partial charge is 0.370 e. The molecule has 0 saturated carbocycles. The van der Waals surface area contributed by atoms with Gasteiger partial charge in [0.05, 0.1) is 17.9 Å². The Balaban J connectivity index is 2.07. The van der Waals surface area contributed by atoms with Crippen LogP contribution in [0.4, 0.5) is 5.82 Å². The molecular formula is C10H13N5. The standard InChI is InChI=1S/C10H13N5/c1-14-8(3-6-12-14)9-2-5-11-10-4-7-13-15(9)10/h3-4,6-7,9,11H,2,5H2,1H3. The van der Waals surface area contributed by atoms with Gasteiger partial charge in [-0.1, -0.05) is 0 Å². The van der Waals surface area contributed by atoms with Gasteiger partial charge in [-0.25, -0.2) is 4.68 Å². The fourth-order valence-electron chi connectivity index (χ4n) is 2.15. The van der Waals surface area contributed by atoms with E-state index in [-0.39, 0.29) is 0 Å². The monoisotopic (exact) mass is 203 g/mol. The molecule has 0 aliphatic carbocycles. The molecule has 1 atom stereocenters. The zero-order valence-corrected chi connectivity index (χ0v) is 8.59. The predicted molar refractivity (Wildman–Crippen MR) is 56.7 cm³/mol. The average molecular weight is 203 g/mol. The Morgan fingerprint density at radius 3 is 3.00 bits per heavy atom. The molecule has 0 aromatic carbocycles. The average Bonchev–Trinajstić information content (AvgIpc) is 2.85. The van der Waals surface area contributed by atoms with Crippen molar-refractivity contribution in [1.82, 2.24) is 19.6 Å². The number of fused-ring (bicyclic) bond motifs is 1. The van der Waals surface area contributed by atoms with Crippen molar-refractivity contribution in [3.05, 3.63) is 30.2 Å². The highest BCUT2D eigenvalue weighted by Crippen LogP contribution is 2.27. The van der Waals surface area contributed by atoms with Gasteiger partial charge in [-0.05, 0) is 12.5 Å². The van der Waals surface area contributed by atoms with E-state index in [4.69, 9.17) is 0 Å². The zero-order valence-electron chi connectivity index (χ0n) is 8.59. The Bertz CT molecular complexity index is 470. The summed E-state index contributed by atoms with van der Waals surface area (Å²) in [6.07, 6.45) is 4.71. The Labute approximate surface area is 87.7 Å². The lowest BCUT2D eigenvalue weighted by molar-refractivity contribution is 0.452. The molecular weight excluding hydrogens is 190 g/mol. The van der Waals surface area contributed by atoms with E-state index in [2.05, 4.69) is 21.6 Å². The summed E-state index contributed by atoms with van der Waals surface area (Å²) in [7, 11) is 1.97. The van der Waals surface area contributed by atoms with Crippen molar-refractivity contribution in [2.45, 2.75) is 12.5 Å². The fraction of sp³-hybridized carbons (Fsp3) is 0.400. The lowest BCUT2D eigenvalue weighted by Crippen LogP contribution is -2.25. The second-order valence-corrected chi connectivity index (χ2v) is 3.77. The van der Waals surface area contributed by atoms with Crippen molar-refractivity contribution in [2.75, 3.05) is 11.9 Å². The Hall–Kier alpha value is -1.78. The van der Waals surface area contributed by atoms with Crippen LogP contribution >= 0.6 is 0 Å². The van der Waals surface area contributed by atoms with Crippen LogP contribution in [0.25, 0.3) is 0 Å². The molecule has 2 aromatic rings. The van der Waals surface area contributed by atoms with Crippen LogP contribution in [0.1, 0.15) is 18.2 Å². The molecule has 0 saturated heterocycles. The van der Waals surface area contributed by atoms with Crippen LogP contribution < -0.4 is 5.32 Å². The number of hydrogen-bond donors (Lipinski definition) is 1. The molecule has 78 valence electrons. The van der Waals surface area contributed by atoms with Crippen molar-refractivity contribution in [3.8, 4) is 0 Å². The highest BCUT2D eigenvalue weighted by Gasteiger charge is 2.23. The van der Waals surface area contributed by atoms with E-state index in [1.807, 2.05) is 34.9 Å². The summed E-state index contributed by atoms with van der Waals surface area (Å²) in [6.45, 7) is 0.988. The van der Waals surface area contributed by atoms with Gasteiger partial charge in [0.1, 0.15) is 5.82 Å². The Kier molecular flexibility index (Phi) is 1.77. The molecule has 0 spiro atoms. The lowest BCUT2D eigenvalue weighted by Gasteiger charge is -2.25. The number of nitrogens with one attached hydrogen (secondary N) is 1. The second-order valence-electron chi connectivity index (χ2n) is 3.77. The van der Waals surface area contributed by atoms with Gasteiger partial charge < -0.3 is 5.32 Å². The van der Waals surface area contributed by atoms with Gasteiger partial charge in [0.25, 0.3) is 0 Å². The number of rotatable bonds is 1. The van der Waals surface area contributed by atoms with Crippen LogP contribution in [0.2, 0.25) is 0 Å². The maximum Gasteiger partial charge on any atom is 0.125 e. The molecule has 2 aromatic heterocycles. The fourth-order valence-corrected chi connectivity index (χ4v) is 2.15. The highest BCUT2D eigenvalue weighted by atomic mass is 15.4. The number of nitrogens with zero attached hydrogens (tertiary/aromatic N) is 4. The van der Waals surface area contributed by atoms with Crippen molar-refractivity contribution < 1.29 is 0 Å². The minimum absolute atomic E-state index is 0.309. The second kappa shape index (κ2) is 3.12. The minimum atomic E-state index is 0.309. The molecule has 0 radical (unpaired) electrons. The third-order valence-electron chi connectivity index (χ3n) is 2.89. The summed E-state index contributed by atoms with van der Waals surface area (Å²) in [5, 5.41) is 11.9. The topological polar surface area (TPSA) is 47.7 Å². The van der Waals surface area contributed by atoms with Gasteiger partial charge in [-0.2, -0.15) is 10.2 Å². The van der Waals surface area contributed by atoms with E-state index in [0.717, 1.165) is 18.8 Å². The van der Waals surface area contributed by atoms with Crippen LogP contribution in [0, 0.1) is 0 Å². The Morgan fingerprint density at radius 2 is 2.20 bits per heavy atom. The molecule has 5 heteroatoms. The van der Waals surface area contributed by atoms with Crippen molar-refractivity contribution in [3.63, 3.8) is 0 Å². The summed E-state index contributed by atoms with van der Waals surface area (Å²) >= 11 is 0. The molecule has 0 bridgehead atoms. The highest BCUT2D eigenvalue weighted by molar-refractivity contribution is 5.37. The number of hydrogen-bond acceptors (Lipinski definition) is 3. The van der Waals surface area contributed by atoms with E-state index in [9.17, 15) is 0 Å². The van der Waals surface area contributed by atoms with Crippen LogP contribution in [0.15, 0.2) is 24.5 Å². The number of anilines is 1. The first kappa shape index (κ1) is 8.52. The zero-order chi connectivity index (χ0) is 10.3. The van der Waals surface area contributed by atoms with Crippen LogP contribution in [-0.4, -0.2) is 26.1 Å². The van der Waals surface area contributed by atoms with Gasteiger partial charge >= 0.3 is 0 Å². The van der Waals surface area contributed by atoms with E-state index in [1.54, 1.807) is 0 Å². The number of aryl methyl sites for hydroxylation is 1. The SMILES string of the molecule is Cn1nccc1C1CCNc2ccnn21. The van der Waals surface area contributed by atoms with Gasteiger partial charge in [-0.3, -0.25) is 4.68 Å². The quantitative estimate of drug-likeness (QED) is 0.752. The molecule has 1 aliphatic heterocycles. The van der Waals surface area contributed by atoms with E-state index < -0.39 is 0 Å². The van der Waals surface area contributed by atoms with E-state index in [0.29, 0.717) is 6.04 Å². The maximum atomic E-state index is 4.35. The van der Waals surface area contributed by atoms with Crippen molar-refractivity contribution >= 4 is 5.82 Å². The molecule has 1 aliphatic rings. The molecule has 3 rings (SSSR count). The third-order valence-corrected chi connectivity index (χ3v) is 2.89. The smallest absolute Gasteiger partial charge is 0.125 e. The summed E-state index contributed by atoms with van der Waals surface area (Å²) < 4.78 is 3.95. The van der Waals surface area contributed by atoms with Gasteiger partial charge in [0.15, 0.2) is 0 Å². The molecule has 0 amide bonds. The molecule has 5 nitrogen and oxygen atoms in total. The molecule has 3 heterocycles. The summed E-state index contributed by atoms with van der Waals surface area (Å²) in [6, 6.07) is 4.37. The van der Waals surface area contributed by atoms with Crippen molar-refractivity contribution in [1.29, 1.82) is 0 Å². The van der Waals surface area contributed by atoms with Gasteiger partial charge in [-0.15, -0.1) is 0 Å². The lowest BCUT2D eigenvalue weighted by atomic mass is 10.1.